The van der Waals surface area contributed by atoms with Gasteiger partial charge in [-0.25, -0.2) is 9.97 Å². The maximum Gasteiger partial charge on any atom is 0.237 e. The third kappa shape index (κ3) is 5.46. The molecule has 0 radical (unpaired) electrons. The number of aromatic nitrogens is 4. The van der Waals surface area contributed by atoms with E-state index in [1.54, 1.807) is 12.4 Å². The van der Waals surface area contributed by atoms with Crippen molar-refractivity contribution >= 4 is 34.3 Å². The Morgan fingerprint density at radius 3 is 2.20 bits per heavy atom. The fourth-order valence-electron chi connectivity index (χ4n) is 3.64. The van der Waals surface area contributed by atoms with Gasteiger partial charge in [0.1, 0.15) is 11.4 Å². The molecule has 3 rings (SSSR count). The lowest BCUT2D eigenvalue weighted by Crippen LogP contribution is -2.06. The summed E-state index contributed by atoms with van der Waals surface area (Å²) in [4.78, 5) is 17.9. The lowest BCUT2D eigenvalue weighted by Gasteiger charge is -2.16. The van der Waals surface area contributed by atoms with Crippen LogP contribution in [0.1, 0.15) is 42.9 Å². The number of nitrogens with zero attached hydrogens (tertiary/aromatic N) is 4. The molecule has 0 aliphatic carbocycles. The van der Waals surface area contributed by atoms with Gasteiger partial charge in [-0.2, -0.15) is 0 Å². The second-order valence-electron chi connectivity index (χ2n) is 7.35. The van der Waals surface area contributed by atoms with Gasteiger partial charge in [-0.3, -0.25) is 9.97 Å². The van der Waals surface area contributed by atoms with Crippen LogP contribution in [0.3, 0.4) is 0 Å². The van der Waals surface area contributed by atoms with Crippen LogP contribution < -0.4 is 20.9 Å². The van der Waals surface area contributed by atoms with Crippen molar-refractivity contribution in [3.8, 4) is 23.0 Å². The first kappa shape index (κ1) is 26.6. The number of hydrogen-bond donors (Lipinski definition) is 2. The highest BCUT2D eigenvalue weighted by molar-refractivity contribution is 6.41. The fraction of sp³-hybridized carbons (Fsp3) is 0.280. The number of allylic oxidation sites excluding steroid dienone is 4. The second kappa shape index (κ2) is 12.1. The molecule has 1 aromatic carbocycles. The molecule has 8 nitrogen and oxygen atoms in total. The predicted octanol–water partition coefficient (Wildman–Crippen LogP) is 4.99. The Bertz CT molecular complexity index is 1280. The Kier molecular flexibility index (Phi) is 9.17. The normalized spacial score (nSPS) is 12.4. The number of benzene rings is 1. The molecule has 2 heterocycles. The van der Waals surface area contributed by atoms with Crippen molar-refractivity contribution in [1.29, 1.82) is 0 Å². The highest BCUT2D eigenvalue weighted by Crippen LogP contribution is 2.40. The minimum Gasteiger partial charge on any atom is -0.480 e. The smallest absolute Gasteiger partial charge is 0.237 e. The molecule has 0 amide bonds. The van der Waals surface area contributed by atoms with Crippen LogP contribution in [0.15, 0.2) is 41.7 Å². The highest BCUT2D eigenvalue weighted by Gasteiger charge is 2.20. The van der Waals surface area contributed by atoms with Gasteiger partial charge in [0.15, 0.2) is 0 Å². The molecule has 35 heavy (non-hydrogen) atoms. The molecule has 0 bridgehead atoms. The van der Waals surface area contributed by atoms with Crippen LogP contribution in [0.25, 0.3) is 22.4 Å². The minimum absolute atomic E-state index is 0.216. The number of halogens is 2. The van der Waals surface area contributed by atoms with Crippen LogP contribution in [-0.4, -0.2) is 34.2 Å². The molecule has 4 N–H and O–H groups in total. The Balaban J connectivity index is 2.13. The van der Waals surface area contributed by atoms with E-state index in [9.17, 15) is 0 Å². The molecule has 0 aliphatic heterocycles. The summed E-state index contributed by atoms with van der Waals surface area (Å²) < 4.78 is 10.7. The minimum atomic E-state index is 0.216. The van der Waals surface area contributed by atoms with Gasteiger partial charge in [-0.1, -0.05) is 54.4 Å². The quantitative estimate of drug-likeness (QED) is 0.383. The molecule has 0 aliphatic rings. The van der Waals surface area contributed by atoms with Gasteiger partial charge in [-0.05, 0) is 24.5 Å². The van der Waals surface area contributed by atoms with E-state index in [1.165, 1.54) is 14.2 Å². The van der Waals surface area contributed by atoms with Crippen molar-refractivity contribution in [1.82, 2.24) is 19.9 Å². The number of hydrogen-bond acceptors (Lipinski definition) is 8. The van der Waals surface area contributed by atoms with Crippen LogP contribution in [0, 0.1) is 0 Å². The average molecular weight is 515 g/mol. The zero-order valence-electron chi connectivity index (χ0n) is 20.1. The Labute approximate surface area is 215 Å². The number of methoxy groups -OCH3 is 2. The molecule has 0 fully saturated rings. The third-order valence-electron chi connectivity index (χ3n) is 5.42. The van der Waals surface area contributed by atoms with Gasteiger partial charge in [0.05, 0.1) is 48.1 Å². The van der Waals surface area contributed by atoms with Crippen molar-refractivity contribution in [3.05, 3.63) is 69.4 Å². The number of ether oxygens (including phenoxy) is 2. The lowest BCUT2D eigenvalue weighted by atomic mass is 9.96. The molecule has 184 valence electrons. The standard InChI is InChI=1S/C25H28Cl2N6O2/c1-5-14(22(26)15(6-2)20-12-30-18(10-28)24(32-20)34-3)16-8-7-9-17(23(16)27)21-13-31-19(11-29)25(33-21)35-4/h6-9,12-13H,5,10-11,28-29H2,1-4H3/b15-6-,22-14-. The molecule has 2 aromatic heterocycles. The van der Waals surface area contributed by atoms with Crippen LogP contribution in [0.4, 0.5) is 0 Å². The summed E-state index contributed by atoms with van der Waals surface area (Å²) in [6.07, 6.45) is 5.76. The summed E-state index contributed by atoms with van der Waals surface area (Å²) in [5.74, 6) is 0.723. The van der Waals surface area contributed by atoms with Crippen molar-refractivity contribution < 1.29 is 9.47 Å². The van der Waals surface area contributed by atoms with Gasteiger partial charge < -0.3 is 20.9 Å². The van der Waals surface area contributed by atoms with Crippen LogP contribution in [0.2, 0.25) is 5.02 Å². The lowest BCUT2D eigenvalue weighted by molar-refractivity contribution is 0.389. The van der Waals surface area contributed by atoms with E-state index < -0.39 is 0 Å². The molecule has 0 spiro atoms. The fourth-order valence-corrected chi connectivity index (χ4v) is 4.42. The largest absolute Gasteiger partial charge is 0.480 e. The molecular formula is C25H28Cl2N6O2. The van der Waals surface area contributed by atoms with Crippen LogP contribution in [-0.2, 0) is 13.1 Å². The number of rotatable bonds is 9. The predicted molar refractivity (Wildman–Crippen MR) is 140 cm³/mol. The van der Waals surface area contributed by atoms with Gasteiger partial charge in [-0.15, -0.1) is 0 Å². The zero-order valence-corrected chi connectivity index (χ0v) is 21.6. The topological polar surface area (TPSA) is 122 Å². The van der Waals surface area contributed by atoms with Gasteiger partial charge in [0.2, 0.25) is 11.8 Å². The molecule has 3 aromatic rings. The van der Waals surface area contributed by atoms with E-state index in [-0.39, 0.29) is 13.1 Å². The van der Waals surface area contributed by atoms with Crippen molar-refractivity contribution in [2.75, 3.05) is 14.2 Å². The maximum atomic E-state index is 6.97. The summed E-state index contributed by atoms with van der Waals surface area (Å²) in [7, 11) is 3.06. The maximum absolute atomic E-state index is 6.97. The van der Waals surface area contributed by atoms with Gasteiger partial charge in [0, 0.05) is 24.2 Å². The SMILES string of the molecule is C/C=C(\C(Cl)=C(/CC)c1cccc(-c2cnc(CN)c(OC)n2)c1Cl)c1cnc(CN)c(OC)n1. The molecule has 0 unspecified atom stereocenters. The average Bonchev–Trinajstić information content (AvgIpc) is 2.89. The van der Waals surface area contributed by atoms with E-state index in [1.807, 2.05) is 38.1 Å². The Hall–Kier alpha value is -3.04. The summed E-state index contributed by atoms with van der Waals surface area (Å²) >= 11 is 13.9. The summed E-state index contributed by atoms with van der Waals surface area (Å²) in [5.41, 5.74) is 16.7. The van der Waals surface area contributed by atoms with E-state index in [0.29, 0.717) is 62.1 Å². The summed E-state index contributed by atoms with van der Waals surface area (Å²) in [5, 5.41) is 1.00. The van der Waals surface area contributed by atoms with Crippen LogP contribution >= 0.6 is 23.2 Å². The van der Waals surface area contributed by atoms with Gasteiger partial charge >= 0.3 is 0 Å². The van der Waals surface area contributed by atoms with E-state index >= 15 is 0 Å². The molecular weight excluding hydrogens is 487 g/mol. The first-order valence-corrected chi connectivity index (χ1v) is 11.7. The monoisotopic (exact) mass is 514 g/mol. The van der Waals surface area contributed by atoms with Crippen molar-refractivity contribution in [2.24, 2.45) is 11.5 Å². The van der Waals surface area contributed by atoms with E-state index in [4.69, 9.17) is 44.1 Å². The molecule has 0 saturated carbocycles. The third-order valence-corrected chi connectivity index (χ3v) is 6.25. The highest BCUT2D eigenvalue weighted by atomic mass is 35.5. The Morgan fingerprint density at radius 1 is 1.00 bits per heavy atom. The summed E-state index contributed by atoms with van der Waals surface area (Å²) in [6, 6.07) is 5.69. The van der Waals surface area contributed by atoms with Gasteiger partial charge in [0.25, 0.3) is 0 Å². The van der Waals surface area contributed by atoms with E-state index in [2.05, 4.69) is 19.9 Å². The van der Waals surface area contributed by atoms with Crippen molar-refractivity contribution in [2.45, 2.75) is 33.4 Å². The van der Waals surface area contributed by atoms with E-state index in [0.717, 1.165) is 11.1 Å². The number of nitrogens with two attached hydrogens (primary N) is 2. The molecule has 0 atom stereocenters. The second-order valence-corrected chi connectivity index (χ2v) is 8.10. The molecule has 0 saturated heterocycles. The van der Waals surface area contributed by atoms with Crippen LogP contribution in [0.5, 0.6) is 11.8 Å². The summed E-state index contributed by atoms with van der Waals surface area (Å²) in [6.45, 7) is 4.33. The first-order valence-electron chi connectivity index (χ1n) is 11.0. The zero-order chi connectivity index (χ0) is 25.5. The first-order chi connectivity index (χ1) is 16.9. The van der Waals surface area contributed by atoms with Crippen molar-refractivity contribution in [3.63, 3.8) is 0 Å². The Morgan fingerprint density at radius 2 is 1.63 bits per heavy atom. The molecule has 10 heteroatoms.